The predicted molar refractivity (Wildman–Crippen MR) is 16.0 cm³/mol. The van der Waals surface area contributed by atoms with Crippen molar-refractivity contribution in [2.24, 2.45) is 0 Å². The summed E-state index contributed by atoms with van der Waals surface area (Å²) >= 11 is 0. The topological polar surface area (TPSA) is 0 Å². The molecule has 0 fully saturated rings. The van der Waals surface area contributed by atoms with Gasteiger partial charge >= 0.3 is 0 Å². The van der Waals surface area contributed by atoms with Gasteiger partial charge in [0.15, 0.2) is 0 Å². The molecule has 0 aliphatic heterocycles. The van der Waals surface area contributed by atoms with Crippen molar-refractivity contribution >= 4 is 10.2 Å². The van der Waals surface area contributed by atoms with Crippen molar-refractivity contribution in [1.82, 2.24) is 0 Å². The van der Waals surface area contributed by atoms with Gasteiger partial charge < -0.3 is 0 Å². The molecule has 4 heavy (non-hydrogen) atoms. The summed E-state index contributed by atoms with van der Waals surface area (Å²) in [7, 11) is 2.73. The Morgan fingerprint density at radius 2 is 2.00 bits per heavy atom. The van der Waals surface area contributed by atoms with Crippen LogP contribution in [-0.4, -0.2) is 10.2 Å². The number of hydrogen-bond acceptors (Lipinski definition) is 0. The second-order valence-corrected chi connectivity index (χ2v) is 0.626. The maximum atomic E-state index is 10.5. The molecule has 0 aliphatic rings. The number of rotatable bonds is 0. The minimum absolute atomic E-state index is 0.414. The van der Waals surface area contributed by atoms with Crippen molar-refractivity contribution in [3.63, 3.8) is 0 Å². The van der Waals surface area contributed by atoms with Crippen LogP contribution >= 0.6 is 0 Å². The van der Waals surface area contributed by atoms with Crippen LogP contribution in [0.1, 0.15) is 0 Å². The van der Waals surface area contributed by atoms with Crippen LogP contribution in [0.2, 0.25) is 0 Å². The van der Waals surface area contributed by atoms with Crippen LogP contribution in [-0.2, 0) is 0 Å². The summed E-state index contributed by atoms with van der Waals surface area (Å²) in [5.74, 6) is 0. The van der Waals surface area contributed by atoms with E-state index >= 15 is 0 Å². The normalized spacial score (nSPS) is 9.50. The highest BCUT2D eigenvalue weighted by Gasteiger charge is 1.40. The van der Waals surface area contributed by atoms with E-state index in [0.717, 1.165) is 5.70 Å². The molecule has 0 saturated carbocycles. The second kappa shape index (κ2) is 2.89. The van der Waals surface area contributed by atoms with E-state index in [4.69, 9.17) is 0 Å². The fraction of sp³-hybridized carbons (Fsp3) is 0. The highest BCUT2D eigenvalue weighted by atomic mass is 28.1. The van der Waals surface area contributed by atoms with Crippen LogP contribution in [0.3, 0.4) is 0 Å². The summed E-state index contributed by atoms with van der Waals surface area (Å²) in [6, 6.07) is 0. The highest BCUT2D eigenvalue weighted by molar-refractivity contribution is 6.16. The molecule has 0 aliphatic carbocycles. The molecular formula is C2H2FSi. The Balaban J connectivity index is 2.55. The molecule has 0 spiro atoms. The number of halogens is 1. The van der Waals surface area contributed by atoms with Crippen molar-refractivity contribution in [2.45, 2.75) is 0 Å². The van der Waals surface area contributed by atoms with Crippen LogP contribution in [0.5, 0.6) is 0 Å². The molecule has 0 aromatic heterocycles. The summed E-state index contributed by atoms with van der Waals surface area (Å²) in [5.41, 5.74) is 1.14. The van der Waals surface area contributed by atoms with E-state index in [1.165, 1.54) is 0 Å². The SMILES string of the molecule is F/C=C/[Si]. The Kier molecular flexibility index (Phi) is 2.81. The molecule has 0 nitrogen and oxygen atoms in total. The van der Waals surface area contributed by atoms with Crippen LogP contribution in [0.15, 0.2) is 12.0 Å². The maximum Gasteiger partial charge on any atom is 0.0781 e. The Morgan fingerprint density at radius 3 is 2.00 bits per heavy atom. The van der Waals surface area contributed by atoms with Gasteiger partial charge in [0, 0.05) is 0 Å². The van der Waals surface area contributed by atoms with Gasteiger partial charge in [-0.3, -0.25) is 0 Å². The molecule has 3 radical (unpaired) electrons. The lowest BCUT2D eigenvalue weighted by Crippen LogP contribution is -1.37. The molecule has 0 saturated heterocycles. The first-order chi connectivity index (χ1) is 1.91. The molecule has 0 amide bonds. The Hall–Kier alpha value is -0.113. The van der Waals surface area contributed by atoms with Gasteiger partial charge in [-0.1, -0.05) is 5.70 Å². The molecule has 21 valence electrons. The first-order valence-electron chi connectivity index (χ1n) is 0.840. The first-order valence-corrected chi connectivity index (χ1v) is 1.42. The van der Waals surface area contributed by atoms with E-state index < -0.39 is 0 Å². The van der Waals surface area contributed by atoms with Gasteiger partial charge in [-0.25, -0.2) is 4.39 Å². The first kappa shape index (κ1) is 3.89. The van der Waals surface area contributed by atoms with Crippen LogP contribution in [0.4, 0.5) is 4.39 Å². The van der Waals surface area contributed by atoms with Gasteiger partial charge in [0.1, 0.15) is 0 Å². The molecule has 0 bridgehead atoms. The largest absolute Gasteiger partial charge is 0.216 e. The molecule has 0 heterocycles. The van der Waals surface area contributed by atoms with E-state index in [1.807, 2.05) is 0 Å². The van der Waals surface area contributed by atoms with Crippen LogP contribution in [0, 0.1) is 0 Å². The third-order valence-corrected chi connectivity index (χ3v) is 0.189. The summed E-state index contributed by atoms with van der Waals surface area (Å²) in [6.07, 6.45) is 0.414. The quantitative estimate of drug-likeness (QED) is 0.368. The smallest absolute Gasteiger partial charge is 0.0781 e. The van der Waals surface area contributed by atoms with Gasteiger partial charge in [0.05, 0.1) is 16.6 Å². The Labute approximate surface area is 27.8 Å². The molecule has 0 aromatic rings. The predicted octanol–water partition coefficient (Wildman–Crippen LogP) is 0.596. The van der Waals surface area contributed by atoms with Crippen molar-refractivity contribution in [2.75, 3.05) is 0 Å². The van der Waals surface area contributed by atoms with Crippen molar-refractivity contribution in [3.8, 4) is 0 Å². The molecule has 2 heteroatoms. The van der Waals surface area contributed by atoms with Gasteiger partial charge in [0.2, 0.25) is 0 Å². The average molecular weight is 73.1 g/mol. The summed E-state index contributed by atoms with van der Waals surface area (Å²) < 4.78 is 10.5. The minimum Gasteiger partial charge on any atom is -0.216 e. The van der Waals surface area contributed by atoms with Gasteiger partial charge in [-0.15, -0.1) is 0 Å². The standard InChI is InChI=1S/C2H2FSi/c3-1-2-4/h1-2H/b2-1+. The highest BCUT2D eigenvalue weighted by Crippen LogP contribution is 1.57. The lowest BCUT2D eigenvalue weighted by Gasteiger charge is -1.44. The molecule has 0 aromatic carbocycles. The Morgan fingerprint density at radius 1 is 1.75 bits per heavy atom. The monoisotopic (exact) mass is 73.0 g/mol. The molecule has 0 atom stereocenters. The zero-order chi connectivity index (χ0) is 3.41. The van der Waals surface area contributed by atoms with Crippen LogP contribution < -0.4 is 0 Å². The van der Waals surface area contributed by atoms with E-state index in [9.17, 15) is 4.39 Å². The van der Waals surface area contributed by atoms with Gasteiger partial charge in [0.25, 0.3) is 0 Å². The van der Waals surface area contributed by atoms with E-state index in [-0.39, 0.29) is 0 Å². The fourth-order valence-electron chi connectivity index (χ4n) is 0. The van der Waals surface area contributed by atoms with Crippen molar-refractivity contribution in [3.05, 3.63) is 12.0 Å². The summed E-state index contributed by atoms with van der Waals surface area (Å²) in [5, 5.41) is 0. The zero-order valence-electron chi connectivity index (χ0n) is 2.03. The van der Waals surface area contributed by atoms with Crippen LogP contribution in [0.25, 0.3) is 0 Å². The third-order valence-electron chi connectivity index (χ3n) is 0.0630. The van der Waals surface area contributed by atoms with Gasteiger partial charge in [-0.2, -0.15) is 0 Å². The lowest BCUT2D eigenvalue weighted by molar-refractivity contribution is 0.723. The second-order valence-electron chi connectivity index (χ2n) is 0.293. The minimum atomic E-state index is 0.414. The summed E-state index contributed by atoms with van der Waals surface area (Å²) in [6.45, 7) is 0. The van der Waals surface area contributed by atoms with E-state index in [0.29, 0.717) is 6.33 Å². The molecule has 0 N–H and O–H groups in total. The summed E-state index contributed by atoms with van der Waals surface area (Å²) in [4.78, 5) is 0. The van der Waals surface area contributed by atoms with E-state index in [2.05, 4.69) is 10.2 Å². The number of hydrogen-bond donors (Lipinski definition) is 0. The zero-order valence-corrected chi connectivity index (χ0v) is 3.03. The van der Waals surface area contributed by atoms with E-state index in [1.54, 1.807) is 0 Å². The molecule has 0 unspecified atom stereocenters. The maximum absolute atomic E-state index is 10.5. The molecule has 0 rings (SSSR count). The van der Waals surface area contributed by atoms with Crippen molar-refractivity contribution in [1.29, 1.82) is 0 Å². The molecular weight excluding hydrogens is 71.1 g/mol. The average Bonchev–Trinajstić information content (AvgIpc) is 1.37. The Bertz CT molecular complexity index is 21.2. The van der Waals surface area contributed by atoms with Gasteiger partial charge in [-0.05, 0) is 0 Å². The third kappa shape index (κ3) is 1.89. The van der Waals surface area contributed by atoms with Crippen molar-refractivity contribution < 1.29 is 4.39 Å². The fourth-order valence-corrected chi connectivity index (χ4v) is 0. The lowest BCUT2D eigenvalue weighted by atomic mass is 11.2.